The first-order valence-electron chi connectivity index (χ1n) is 11.1. The number of carbonyl (C=O) groups excluding carboxylic acids is 1. The SMILES string of the molecule is CS(=O)(=O)Oc1ccc2c(c1)OCCN2CCCc1ccc(OC(=O)C2CCCC2)cc1. The summed E-state index contributed by atoms with van der Waals surface area (Å²) in [6, 6.07) is 12.9. The van der Waals surface area contributed by atoms with E-state index in [-0.39, 0.29) is 17.6 Å². The van der Waals surface area contributed by atoms with Gasteiger partial charge < -0.3 is 18.6 Å². The van der Waals surface area contributed by atoms with Gasteiger partial charge in [0.25, 0.3) is 0 Å². The van der Waals surface area contributed by atoms with Gasteiger partial charge in [0.05, 0.1) is 24.4 Å². The number of hydrogen-bond donors (Lipinski definition) is 0. The third-order valence-corrected chi connectivity index (χ3v) is 6.36. The maximum absolute atomic E-state index is 12.2. The average Bonchev–Trinajstić information content (AvgIpc) is 3.29. The quantitative estimate of drug-likeness (QED) is 0.336. The molecular formula is C24H29NO6S. The van der Waals surface area contributed by atoms with Crippen LogP contribution in [0.3, 0.4) is 0 Å². The van der Waals surface area contributed by atoms with Crippen molar-refractivity contribution in [2.24, 2.45) is 5.92 Å². The predicted octanol–water partition coefficient (Wildman–Crippen LogP) is 3.95. The number of esters is 1. The second-order valence-corrected chi connectivity index (χ2v) is 9.98. The van der Waals surface area contributed by atoms with Crippen LogP contribution in [0.25, 0.3) is 0 Å². The molecular weight excluding hydrogens is 430 g/mol. The summed E-state index contributed by atoms with van der Waals surface area (Å²) in [5.41, 5.74) is 2.13. The van der Waals surface area contributed by atoms with Crippen molar-refractivity contribution in [2.45, 2.75) is 38.5 Å². The molecule has 8 heteroatoms. The summed E-state index contributed by atoms with van der Waals surface area (Å²) in [5.74, 6) is 1.44. The molecule has 2 aromatic carbocycles. The highest BCUT2D eigenvalue weighted by molar-refractivity contribution is 7.86. The number of anilines is 1. The van der Waals surface area contributed by atoms with Gasteiger partial charge in [-0.25, -0.2) is 0 Å². The van der Waals surface area contributed by atoms with Crippen molar-refractivity contribution in [1.29, 1.82) is 0 Å². The Morgan fingerprint density at radius 3 is 2.53 bits per heavy atom. The zero-order valence-electron chi connectivity index (χ0n) is 18.3. The topological polar surface area (TPSA) is 82.1 Å². The smallest absolute Gasteiger partial charge is 0.314 e. The van der Waals surface area contributed by atoms with Crippen molar-refractivity contribution in [2.75, 3.05) is 30.9 Å². The maximum Gasteiger partial charge on any atom is 0.314 e. The molecule has 0 unspecified atom stereocenters. The number of fused-ring (bicyclic) bond motifs is 1. The molecule has 4 rings (SSSR count). The fraction of sp³-hybridized carbons (Fsp3) is 0.458. The van der Waals surface area contributed by atoms with Gasteiger partial charge in [-0.15, -0.1) is 0 Å². The van der Waals surface area contributed by atoms with E-state index in [0.717, 1.165) is 63.6 Å². The number of aryl methyl sites for hydroxylation is 1. The van der Waals surface area contributed by atoms with E-state index in [1.54, 1.807) is 12.1 Å². The first kappa shape index (κ1) is 22.5. The summed E-state index contributed by atoms with van der Waals surface area (Å²) in [6.07, 6.45) is 6.97. The van der Waals surface area contributed by atoms with Crippen LogP contribution < -0.4 is 18.6 Å². The molecule has 2 aromatic rings. The molecule has 0 N–H and O–H groups in total. The fourth-order valence-corrected chi connectivity index (χ4v) is 4.73. The van der Waals surface area contributed by atoms with E-state index in [1.807, 2.05) is 30.3 Å². The summed E-state index contributed by atoms with van der Waals surface area (Å²) < 4.78 is 38.9. The molecule has 2 aliphatic rings. The van der Waals surface area contributed by atoms with Gasteiger partial charge in [-0.3, -0.25) is 4.79 Å². The lowest BCUT2D eigenvalue weighted by Gasteiger charge is -2.31. The molecule has 0 radical (unpaired) electrons. The van der Waals surface area contributed by atoms with Gasteiger partial charge in [-0.05, 0) is 55.5 Å². The number of rotatable bonds is 8. The molecule has 0 bridgehead atoms. The Hall–Kier alpha value is -2.74. The minimum atomic E-state index is -3.57. The lowest BCUT2D eigenvalue weighted by Crippen LogP contribution is -2.33. The van der Waals surface area contributed by atoms with Gasteiger partial charge in [0.2, 0.25) is 0 Å². The highest BCUT2D eigenvalue weighted by atomic mass is 32.2. The van der Waals surface area contributed by atoms with Gasteiger partial charge in [0.15, 0.2) is 0 Å². The lowest BCUT2D eigenvalue weighted by molar-refractivity contribution is -0.138. The molecule has 1 aliphatic heterocycles. The van der Waals surface area contributed by atoms with Crippen molar-refractivity contribution >= 4 is 21.8 Å². The normalized spacial score (nSPS) is 16.3. The summed E-state index contributed by atoms with van der Waals surface area (Å²) >= 11 is 0. The zero-order chi connectivity index (χ0) is 22.6. The molecule has 1 aliphatic carbocycles. The minimum Gasteiger partial charge on any atom is -0.489 e. The molecule has 0 saturated heterocycles. The van der Waals surface area contributed by atoms with Crippen molar-refractivity contribution in [1.82, 2.24) is 0 Å². The Morgan fingerprint density at radius 1 is 1.09 bits per heavy atom. The summed E-state index contributed by atoms with van der Waals surface area (Å²) in [4.78, 5) is 14.4. The van der Waals surface area contributed by atoms with Crippen LogP contribution in [0.4, 0.5) is 5.69 Å². The van der Waals surface area contributed by atoms with Crippen molar-refractivity contribution in [3.05, 3.63) is 48.0 Å². The van der Waals surface area contributed by atoms with Gasteiger partial charge in [-0.1, -0.05) is 25.0 Å². The van der Waals surface area contributed by atoms with E-state index in [2.05, 4.69) is 4.90 Å². The van der Waals surface area contributed by atoms with Gasteiger partial charge in [0.1, 0.15) is 23.9 Å². The monoisotopic (exact) mass is 459 g/mol. The van der Waals surface area contributed by atoms with Crippen LogP contribution in [-0.4, -0.2) is 40.3 Å². The molecule has 1 saturated carbocycles. The Kier molecular flexibility index (Phi) is 6.89. The standard InChI is InChI=1S/C24H29NO6S/c1-32(27,28)31-21-12-13-22-23(17-21)29-16-15-25(22)14-4-5-18-8-10-20(11-9-18)30-24(26)19-6-2-3-7-19/h8-13,17,19H,2-7,14-16H2,1H3. The largest absolute Gasteiger partial charge is 0.489 e. The highest BCUT2D eigenvalue weighted by Gasteiger charge is 2.24. The third kappa shape index (κ3) is 5.94. The Morgan fingerprint density at radius 2 is 1.81 bits per heavy atom. The number of carbonyl (C=O) groups is 1. The molecule has 7 nitrogen and oxygen atoms in total. The van der Waals surface area contributed by atoms with E-state index in [0.29, 0.717) is 18.1 Å². The van der Waals surface area contributed by atoms with Gasteiger partial charge in [0, 0.05) is 12.6 Å². The van der Waals surface area contributed by atoms with Crippen molar-refractivity contribution < 1.29 is 26.9 Å². The maximum atomic E-state index is 12.2. The summed E-state index contributed by atoms with van der Waals surface area (Å²) in [6.45, 7) is 2.16. The van der Waals surface area contributed by atoms with Crippen LogP contribution in [-0.2, 0) is 21.3 Å². The van der Waals surface area contributed by atoms with Gasteiger partial charge in [-0.2, -0.15) is 8.42 Å². The first-order valence-corrected chi connectivity index (χ1v) is 12.9. The van der Waals surface area contributed by atoms with Gasteiger partial charge >= 0.3 is 16.1 Å². The van der Waals surface area contributed by atoms with Crippen LogP contribution in [0, 0.1) is 5.92 Å². The van der Waals surface area contributed by atoms with Crippen LogP contribution >= 0.6 is 0 Å². The van der Waals surface area contributed by atoms with E-state index in [4.69, 9.17) is 13.7 Å². The molecule has 1 heterocycles. The molecule has 1 fully saturated rings. The molecule has 0 spiro atoms. The fourth-order valence-electron chi connectivity index (χ4n) is 4.28. The van der Waals surface area contributed by atoms with E-state index in [1.165, 1.54) is 5.56 Å². The van der Waals surface area contributed by atoms with E-state index < -0.39 is 10.1 Å². The lowest BCUT2D eigenvalue weighted by atomic mass is 10.1. The second kappa shape index (κ2) is 9.81. The average molecular weight is 460 g/mol. The van der Waals surface area contributed by atoms with E-state index >= 15 is 0 Å². The Labute approximate surface area is 189 Å². The number of hydrogen-bond acceptors (Lipinski definition) is 7. The van der Waals surface area contributed by atoms with Crippen LogP contribution in [0.2, 0.25) is 0 Å². The predicted molar refractivity (Wildman–Crippen MR) is 122 cm³/mol. The van der Waals surface area contributed by atoms with E-state index in [9.17, 15) is 13.2 Å². The summed E-state index contributed by atoms with van der Waals surface area (Å²) in [7, 11) is -3.57. The van der Waals surface area contributed by atoms with Crippen molar-refractivity contribution in [3.63, 3.8) is 0 Å². The first-order chi connectivity index (χ1) is 15.4. The zero-order valence-corrected chi connectivity index (χ0v) is 19.1. The molecule has 172 valence electrons. The highest BCUT2D eigenvalue weighted by Crippen LogP contribution is 2.35. The molecule has 32 heavy (non-hydrogen) atoms. The Balaban J connectivity index is 1.29. The molecule has 0 amide bonds. The van der Waals surface area contributed by atoms with Crippen LogP contribution in [0.15, 0.2) is 42.5 Å². The summed E-state index contributed by atoms with van der Waals surface area (Å²) in [5, 5.41) is 0. The van der Waals surface area contributed by atoms with Crippen LogP contribution in [0.5, 0.6) is 17.2 Å². The third-order valence-electron chi connectivity index (χ3n) is 5.86. The number of ether oxygens (including phenoxy) is 2. The van der Waals surface area contributed by atoms with Crippen LogP contribution in [0.1, 0.15) is 37.7 Å². The van der Waals surface area contributed by atoms with Crippen molar-refractivity contribution in [3.8, 4) is 17.2 Å². The second-order valence-electron chi connectivity index (χ2n) is 8.40. The minimum absolute atomic E-state index is 0.0556. The number of benzene rings is 2. The molecule has 0 aromatic heterocycles. The molecule has 0 atom stereocenters. The Bertz CT molecular complexity index is 1040. The number of nitrogens with zero attached hydrogens (tertiary/aromatic N) is 1.